The van der Waals surface area contributed by atoms with Crippen molar-refractivity contribution < 1.29 is 8.94 Å². The number of aromatic nitrogens is 2. The third kappa shape index (κ3) is 3.91. The molecule has 0 spiro atoms. The number of hydrogen-bond donors (Lipinski definition) is 1. The molecule has 1 aliphatic heterocycles. The summed E-state index contributed by atoms with van der Waals surface area (Å²) >= 11 is 0. The number of hydrogen-bond acceptors (Lipinski definition) is 6. The van der Waals surface area contributed by atoms with E-state index in [0.717, 1.165) is 55.2 Å². The highest BCUT2D eigenvalue weighted by Crippen LogP contribution is 2.19. The first-order valence-corrected chi connectivity index (χ1v) is 9.05. The molecule has 0 aliphatic carbocycles. The van der Waals surface area contributed by atoms with Gasteiger partial charge in [0.15, 0.2) is 5.82 Å². The van der Waals surface area contributed by atoms with E-state index in [0.29, 0.717) is 11.9 Å². The second-order valence-electron chi connectivity index (χ2n) is 6.66. The van der Waals surface area contributed by atoms with Crippen LogP contribution >= 0.6 is 0 Å². The van der Waals surface area contributed by atoms with Crippen molar-refractivity contribution in [3.63, 3.8) is 0 Å². The smallest absolute Gasteiger partial charge is 0.226 e. The largest absolute Gasteiger partial charge is 0.460 e. The summed E-state index contributed by atoms with van der Waals surface area (Å²) in [6, 6.07) is 10.7. The third-order valence-corrected chi connectivity index (χ3v) is 4.72. The zero-order valence-electron chi connectivity index (χ0n) is 14.6. The summed E-state index contributed by atoms with van der Waals surface area (Å²) in [4.78, 5) is 6.80. The predicted octanol–water partition coefficient (Wildman–Crippen LogP) is 3.13. The summed E-state index contributed by atoms with van der Waals surface area (Å²) in [5.74, 6) is 2.49. The van der Waals surface area contributed by atoms with Crippen molar-refractivity contribution in [2.75, 3.05) is 13.1 Å². The lowest BCUT2D eigenvalue weighted by molar-refractivity contribution is 0.176. The number of nitrogens with zero attached hydrogens (tertiary/aromatic N) is 3. The molecule has 0 bridgehead atoms. The Hall–Kier alpha value is -2.18. The first-order chi connectivity index (χ1) is 12.3. The van der Waals surface area contributed by atoms with E-state index in [1.807, 2.05) is 25.1 Å². The fourth-order valence-electron chi connectivity index (χ4n) is 3.43. The SMILES string of the molecule is CCc1nc(CN2CCCC(NCc3cc4ccccc4o3)C2)no1. The van der Waals surface area contributed by atoms with Gasteiger partial charge in [-0.05, 0) is 31.5 Å². The van der Waals surface area contributed by atoms with Crippen LogP contribution in [0.15, 0.2) is 39.3 Å². The number of furan rings is 1. The highest BCUT2D eigenvalue weighted by molar-refractivity contribution is 5.77. The monoisotopic (exact) mass is 340 g/mol. The fourth-order valence-corrected chi connectivity index (χ4v) is 3.43. The maximum atomic E-state index is 5.89. The van der Waals surface area contributed by atoms with Gasteiger partial charge in [-0.2, -0.15) is 4.98 Å². The van der Waals surface area contributed by atoms with Crippen LogP contribution in [0, 0.1) is 0 Å². The van der Waals surface area contributed by atoms with E-state index in [4.69, 9.17) is 8.94 Å². The third-order valence-electron chi connectivity index (χ3n) is 4.72. The minimum atomic E-state index is 0.458. The molecule has 0 saturated carbocycles. The molecule has 1 aromatic carbocycles. The van der Waals surface area contributed by atoms with E-state index in [2.05, 4.69) is 32.5 Å². The predicted molar refractivity (Wildman–Crippen MR) is 95.0 cm³/mol. The van der Waals surface area contributed by atoms with E-state index in [1.165, 1.54) is 12.8 Å². The van der Waals surface area contributed by atoms with E-state index in [9.17, 15) is 0 Å². The van der Waals surface area contributed by atoms with Crippen LogP contribution in [0.4, 0.5) is 0 Å². The van der Waals surface area contributed by atoms with Crippen LogP contribution in [-0.4, -0.2) is 34.2 Å². The Labute approximate surface area is 147 Å². The summed E-state index contributed by atoms with van der Waals surface area (Å²) in [6.45, 7) is 5.62. The molecule has 1 saturated heterocycles. The second-order valence-corrected chi connectivity index (χ2v) is 6.66. The van der Waals surface area contributed by atoms with E-state index >= 15 is 0 Å². The standard InChI is InChI=1S/C19H24N4O2/c1-2-19-21-18(22-25-19)13-23-9-5-7-15(12-23)20-11-16-10-14-6-3-4-8-17(14)24-16/h3-4,6,8,10,15,20H,2,5,7,9,11-13H2,1H3. The molecule has 1 N–H and O–H groups in total. The van der Waals surface area contributed by atoms with Gasteiger partial charge in [0, 0.05) is 24.4 Å². The molecular weight excluding hydrogens is 316 g/mol. The number of nitrogens with one attached hydrogen (secondary N) is 1. The highest BCUT2D eigenvalue weighted by atomic mass is 16.5. The molecule has 2 aromatic heterocycles. The lowest BCUT2D eigenvalue weighted by Crippen LogP contribution is -2.45. The molecule has 1 fully saturated rings. The summed E-state index contributed by atoms with van der Waals surface area (Å²) in [6.07, 6.45) is 3.15. The highest BCUT2D eigenvalue weighted by Gasteiger charge is 2.21. The molecule has 0 radical (unpaired) electrons. The van der Waals surface area contributed by atoms with Gasteiger partial charge in [-0.15, -0.1) is 0 Å². The Balaban J connectivity index is 1.31. The van der Waals surface area contributed by atoms with Crippen molar-refractivity contribution >= 4 is 11.0 Å². The first kappa shape index (κ1) is 16.3. The molecule has 1 aliphatic rings. The maximum Gasteiger partial charge on any atom is 0.226 e. The van der Waals surface area contributed by atoms with Crippen LogP contribution in [0.1, 0.15) is 37.2 Å². The van der Waals surface area contributed by atoms with Gasteiger partial charge in [-0.1, -0.05) is 30.3 Å². The Morgan fingerprint density at radius 3 is 3.08 bits per heavy atom. The summed E-state index contributed by atoms with van der Waals surface area (Å²) in [7, 11) is 0. The van der Waals surface area contributed by atoms with E-state index < -0.39 is 0 Å². The topological polar surface area (TPSA) is 67.3 Å². The Morgan fingerprint density at radius 2 is 2.24 bits per heavy atom. The van der Waals surface area contributed by atoms with Gasteiger partial charge in [-0.3, -0.25) is 4.90 Å². The van der Waals surface area contributed by atoms with Crippen LogP contribution < -0.4 is 5.32 Å². The molecular formula is C19H24N4O2. The van der Waals surface area contributed by atoms with Crippen molar-refractivity contribution in [2.24, 2.45) is 0 Å². The number of fused-ring (bicyclic) bond motifs is 1. The average Bonchev–Trinajstić information content (AvgIpc) is 3.26. The van der Waals surface area contributed by atoms with Crippen LogP contribution in [0.25, 0.3) is 11.0 Å². The van der Waals surface area contributed by atoms with Crippen molar-refractivity contribution in [1.82, 2.24) is 20.4 Å². The molecule has 4 rings (SSSR count). The van der Waals surface area contributed by atoms with Crippen LogP contribution in [0.3, 0.4) is 0 Å². The Bertz CT molecular complexity index is 793. The lowest BCUT2D eigenvalue weighted by atomic mass is 10.1. The number of benzene rings is 1. The zero-order valence-corrected chi connectivity index (χ0v) is 14.6. The molecule has 132 valence electrons. The van der Waals surface area contributed by atoms with Gasteiger partial charge >= 0.3 is 0 Å². The zero-order chi connectivity index (χ0) is 17.1. The van der Waals surface area contributed by atoms with Gasteiger partial charge in [0.2, 0.25) is 5.89 Å². The molecule has 1 unspecified atom stereocenters. The van der Waals surface area contributed by atoms with Crippen molar-refractivity contribution in [1.29, 1.82) is 0 Å². The van der Waals surface area contributed by atoms with Gasteiger partial charge in [-0.25, -0.2) is 0 Å². The number of rotatable bonds is 6. The molecule has 6 nitrogen and oxygen atoms in total. The molecule has 0 amide bonds. The normalized spacial score (nSPS) is 18.8. The van der Waals surface area contributed by atoms with Crippen LogP contribution in [0.5, 0.6) is 0 Å². The van der Waals surface area contributed by atoms with Crippen LogP contribution in [0.2, 0.25) is 0 Å². The number of aryl methyl sites for hydroxylation is 1. The van der Waals surface area contributed by atoms with Gasteiger partial charge < -0.3 is 14.3 Å². The lowest BCUT2D eigenvalue weighted by Gasteiger charge is -2.32. The molecule has 25 heavy (non-hydrogen) atoms. The Morgan fingerprint density at radius 1 is 1.32 bits per heavy atom. The first-order valence-electron chi connectivity index (χ1n) is 9.05. The summed E-state index contributed by atoms with van der Waals surface area (Å²) in [5, 5.41) is 8.85. The number of para-hydroxylation sites is 1. The quantitative estimate of drug-likeness (QED) is 0.743. The van der Waals surface area contributed by atoms with Crippen molar-refractivity contribution in [3.8, 4) is 0 Å². The number of likely N-dealkylation sites (tertiary alicyclic amines) is 1. The maximum absolute atomic E-state index is 5.89. The van der Waals surface area contributed by atoms with E-state index in [-0.39, 0.29) is 0 Å². The van der Waals surface area contributed by atoms with Crippen molar-refractivity contribution in [2.45, 2.75) is 45.3 Å². The second kappa shape index (κ2) is 7.37. The van der Waals surface area contributed by atoms with Crippen molar-refractivity contribution in [3.05, 3.63) is 47.8 Å². The minimum Gasteiger partial charge on any atom is -0.460 e. The molecule has 6 heteroatoms. The van der Waals surface area contributed by atoms with Gasteiger partial charge in [0.1, 0.15) is 11.3 Å². The Kier molecular flexibility index (Phi) is 4.81. The fraction of sp³-hybridized carbons (Fsp3) is 0.474. The molecule has 1 atom stereocenters. The number of piperidine rings is 1. The van der Waals surface area contributed by atoms with Crippen LogP contribution in [-0.2, 0) is 19.5 Å². The average molecular weight is 340 g/mol. The van der Waals surface area contributed by atoms with E-state index in [1.54, 1.807) is 0 Å². The summed E-state index contributed by atoms with van der Waals surface area (Å²) in [5.41, 5.74) is 0.952. The summed E-state index contributed by atoms with van der Waals surface area (Å²) < 4.78 is 11.1. The van der Waals surface area contributed by atoms with Gasteiger partial charge in [0.25, 0.3) is 0 Å². The molecule has 3 heterocycles. The van der Waals surface area contributed by atoms with Gasteiger partial charge in [0.05, 0.1) is 13.1 Å². The molecule has 3 aromatic rings. The minimum absolute atomic E-state index is 0.458.